The Morgan fingerprint density at radius 2 is 2.38 bits per heavy atom. The molecule has 1 saturated heterocycles. The van der Waals surface area contributed by atoms with Crippen LogP contribution >= 0.6 is 0 Å². The molecule has 1 aromatic carbocycles. The Morgan fingerprint density at radius 1 is 1.48 bits per heavy atom. The topological polar surface area (TPSA) is 82.2 Å². The lowest BCUT2D eigenvalue weighted by Crippen LogP contribution is -2.32. The Balaban J connectivity index is 1.65. The van der Waals surface area contributed by atoms with Crippen molar-refractivity contribution in [1.82, 2.24) is 15.1 Å². The van der Waals surface area contributed by atoms with Crippen LogP contribution in [-0.2, 0) is 4.74 Å². The molecule has 0 radical (unpaired) electrons. The van der Waals surface area contributed by atoms with Gasteiger partial charge in [0.1, 0.15) is 0 Å². The van der Waals surface area contributed by atoms with Crippen LogP contribution in [0.25, 0.3) is 5.69 Å². The van der Waals surface area contributed by atoms with E-state index in [1.54, 1.807) is 23.0 Å². The number of benzene rings is 1. The molecule has 1 aliphatic rings. The second kappa shape index (κ2) is 5.97. The summed E-state index contributed by atoms with van der Waals surface area (Å²) in [6, 6.07) is 9.04. The molecule has 1 aromatic heterocycles. The van der Waals surface area contributed by atoms with Gasteiger partial charge >= 0.3 is 0 Å². The van der Waals surface area contributed by atoms with Gasteiger partial charge in [0, 0.05) is 25.0 Å². The maximum Gasteiger partial charge on any atom is 0.271 e. The summed E-state index contributed by atoms with van der Waals surface area (Å²) in [6.07, 6.45) is 3.93. The highest BCUT2D eigenvalue weighted by Gasteiger charge is 2.17. The Hall–Kier alpha value is -2.34. The van der Waals surface area contributed by atoms with E-state index >= 15 is 0 Å². The number of hydrogen-bond acceptors (Lipinski definition) is 4. The van der Waals surface area contributed by atoms with E-state index in [9.17, 15) is 4.79 Å². The molecule has 0 spiro atoms. The number of carbonyl (C=O) groups is 1. The molecule has 1 atom stereocenters. The first-order chi connectivity index (χ1) is 10.2. The van der Waals surface area contributed by atoms with Crippen molar-refractivity contribution >= 4 is 11.6 Å². The van der Waals surface area contributed by atoms with E-state index in [0.29, 0.717) is 17.9 Å². The maximum absolute atomic E-state index is 12.0. The summed E-state index contributed by atoms with van der Waals surface area (Å²) in [5.74, 6) is -0.187. The van der Waals surface area contributed by atoms with E-state index in [1.165, 1.54) is 0 Å². The molecular formula is C15H18N4O2. The number of amides is 1. The first-order valence-corrected chi connectivity index (χ1v) is 7.04. The highest BCUT2D eigenvalue weighted by atomic mass is 16.5. The molecule has 3 N–H and O–H groups in total. The largest absolute Gasteiger partial charge is 0.399 e. The smallest absolute Gasteiger partial charge is 0.271 e. The molecule has 6 heteroatoms. The third kappa shape index (κ3) is 3.22. The van der Waals surface area contributed by atoms with E-state index in [0.717, 1.165) is 25.1 Å². The zero-order valence-corrected chi connectivity index (χ0v) is 11.7. The monoisotopic (exact) mass is 286 g/mol. The molecule has 110 valence electrons. The third-order valence-electron chi connectivity index (χ3n) is 3.47. The Kier molecular flexibility index (Phi) is 3.87. The minimum atomic E-state index is -0.187. The van der Waals surface area contributed by atoms with E-state index < -0.39 is 0 Å². The fraction of sp³-hybridized carbons (Fsp3) is 0.333. The van der Waals surface area contributed by atoms with Crippen molar-refractivity contribution in [1.29, 1.82) is 0 Å². The normalized spacial score (nSPS) is 17.8. The lowest BCUT2D eigenvalue weighted by molar-refractivity contribution is 0.0853. The molecule has 1 amide bonds. The molecule has 1 fully saturated rings. The maximum atomic E-state index is 12.0. The summed E-state index contributed by atoms with van der Waals surface area (Å²) in [7, 11) is 0. The van der Waals surface area contributed by atoms with Crippen LogP contribution < -0.4 is 11.1 Å². The summed E-state index contributed by atoms with van der Waals surface area (Å²) >= 11 is 0. The molecule has 0 aliphatic carbocycles. The number of nitrogens with one attached hydrogen (secondary N) is 1. The van der Waals surface area contributed by atoms with Crippen molar-refractivity contribution in [3.05, 3.63) is 42.2 Å². The SMILES string of the molecule is Nc1cccc(-n2ccc(C(=O)NCC3CCCO3)n2)c1. The molecule has 0 saturated carbocycles. The van der Waals surface area contributed by atoms with E-state index in [4.69, 9.17) is 10.5 Å². The lowest BCUT2D eigenvalue weighted by atomic mass is 10.2. The summed E-state index contributed by atoms with van der Waals surface area (Å²) in [5, 5.41) is 7.13. The predicted molar refractivity (Wildman–Crippen MR) is 79.3 cm³/mol. The quantitative estimate of drug-likeness (QED) is 0.832. The van der Waals surface area contributed by atoms with Gasteiger partial charge in [-0.15, -0.1) is 0 Å². The Bertz CT molecular complexity index is 632. The Labute approximate surface area is 122 Å². The van der Waals surface area contributed by atoms with Crippen molar-refractivity contribution in [2.45, 2.75) is 18.9 Å². The molecule has 2 aromatic rings. The van der Waals surface area contributed by atoms with Crippen molar-refractivity contribution in [2.24, 2.45) is 0 Å². The average Bonchev–Trinajstić information content (AvgIpc) is 3.16. The molecule has 3 rings (SSSR count). The van der Waals surface area contributed by atoms with Gasteiger partial charge in [0.2, 0.25) is 0 Å². The van der Waals surface area contributed by atoms with Crippen molar-refractivity contribution < 1.29 is 9.53 Å². The molecule has 1 unspecified atom stereocenters. The highest BCUT2D eigenvalue weighted by Crippen LogP contribution is 2.12. The number of ether oxygens (including phenoxy) is 1. The molecular weight excluding hydrogens is 268 g/mol. The van der Waals surface area contributed by atoms with Gasteiger partial charge in [-0.1, -0.05) is 6.07 Å². The first-order valence-electron chi connectivity index (χ1n) is 7.04. The van der Waals surface area contributed by atoms with Crippen molar-refractivity contribution in [3.63, 3.8) is 0 Å². The lowest BCUT2D eigenvalue weighted by Gasteiger charge is -2.09. The van der Waals surface area contributed by atoms with Gasteiger partial charge in [-0.05, 0) is 37.1 Å². The highest BCUT2D eigenvalue weighted by molar-refractivity contribution is 5.92. The molecule has 2 heterocycles. The number of carbonyl (C=O) groups excluding carboxylic acids is 1. The predicted octanol–water partition coefficient (Wildman–Crippen LogP) is 1.36. The van der Waals surface area contributed by atoms with Crippen LogP contribution in [0.5, 0.6) is 0 Å². The average molecular weight is 286 g/mol. The number of rotatable bonds is 4. The third-order valence-corrected chi connectivity index (χ3v) is 3.47. The van der Waals surface area contributed by atoms with Crippen LogP contribution in [0.2, 0.25) is 0 Å². The standard InChI is InChI=1S/C15H18N4O2/c16-11-3-1-4-12(9-11)19-7-6-14(18-19)15(20)17-10-13-5-2-8-21-13/h1,3-4,6-7,9,13H,2,5,8,10,16H2,(H,17,20). The van der Waals surface area contributed by atoms with E-state index in [-0.39, 0.29) is 12.0 Å². The number of nitrogens with two attached hydrogens (primary N) is 1. The molecule has 0 bridgehead atoms. The summed E-state index contributed by atoms with van der Waals surface area (Å²) < 4.78 is 7.11. The van der Waals surface area contributed by atoms with E-state index in [1.807, 2.05) is 18.2 Å². The van der Waals surface area contributed by atoms with Crippen molar-refractivity contribution in [3.8, 4) is 5.69 Å². The van der Waals surface area contributed by atoms with Crippen LogP contribution in [0.4, 0.5) is 5.69 Å². The first kappa shape index (κ1) is 13.6. The van der Waals surface area contributed by atoms with Crippen LogP contribution in [0.15, 0.2) is 36.5 Å². The summed E-state index contributed by atoms with van der Waals surface area (Å²) in [6.45, 7) is 1.31. The van der Waals surface area contributed by atoms with Gasteiger partial charge in [0.05, 0.1) is 11.8 Å². The fourth-order valence-electron chi connectivity index (χ4n) is 2.36. The number of nitrogens with zero attached hydrogens (tertiary/aromatic N) is 2. The second-order valence-corrected chi connectivity index (χ2v) is 5.09. The van der Waals surface area contributed by atoms with Gasteiger partial charge in [0.15, 0.2) is 5.69 Å². The number of aromatic nitrogens is 2. The molecule has 1 aliphatic heterocycles. The number of anilines is 1. The minimum Gasteiger partial charge on any atom is -0.399 e. The van der Waals surface area contributed by atoms with Gasteiger partial charge in [-0.3, -0.25) is 4.79 Å². The molecule has 6 nitrogen and oxygen atoms in total. The molecule has 21 heavy (non-hydrogen) atoms. The van der Waals surface area contributed by atoms with Crippen molar-refractivity contribution in [2.75, 3.05) is 18.9 Å². The fourth-order valence-corrected chi connectivity index (χ4v) is 2.36. The Morgan fingerprint density at radius 3 is 3.14 bits per heavy atom. The van der Waals surface area contributed by atoms with Gasteiger partial charge < -0.3 is 15.8 Å². The minimum absolute atomic E-state index is 0.130. The van der Waals surface area contributed by atoms with Crippen LogP contribution in [0, 0.1) is 0 Å². The number of hydrogen-bond donors (Lipinski definition) is 2. The van der Waals surface area contributed by atoms with Gasteiger partial charge in [-0.25, -0.2) is 4.68 Å². The van der Waals surface area contributed by atoms with Crippen LogP contribution in [0.3, 0.4) is 0 Å². The zero-order chi connectivity index (χ0) is 14.7. The second-order valence-electron chi connectivity index (χ2n) is 5.09. The van der Waals surface area contributed by atoms with Gasteiger partial charge in [0.25, 0.3) is 5.91 Å². The van der Waals surface area contributed by atoms with Gasteiger partial charge in [-0.2, -0.15) is 5.10 Å². The zero-order valence-electron chi connectivity index (χ0n) is 11.7. The van der Waals surface area contributed by atoms with E-state index in [2.05, 4.69) is 10.4 Å². The van der Waals surface area contributed by atoms with Crippen LogP contribution in [-0.4, -0.2) is 34.9 Å². The summed E-state index contributed by atoms with van der Waals surface area (Å²) in [4.78, 5) is 12.0. The number of nitrogen functional groups attached to an aromatic ring is 1. The van der Waals surface area contributed by atoms with Crippen LogP contribution in [0.1, 0.15) is 23.3 Å². The summed E-state index contributed by atoms with van der Waals surface area (Å²) in [5.41, 5.74) is 7.62.